The van der Waals surface area contributed by atoms with Gasteiger partial charge in [0.25, 0.3) is 0 Å². The van der Waals surface area contributed by atoms with E-state index in [1.807, 2.05) is 24.3 Å². The van der Waals surface area contributed by atoms with Crippen molar-refractivity contribution in [2.45, 2.75) is 6.92 Å². The number of nitrogen functional groups attached to an aromatic ring is 1. The van der Waals surface area contributed by atoms with Gasteiger partial charge in [-0.05, 0) is 43.3 Å². The summed E-state index contributed by atoms with van der Waals surface area (Å²) in [5.74, 6) is 5.58. The van der Waals surface area contributed by atoms with E-state index in [0.717, 1.165) is 11.3 Å². The molecule has 2 aromatic rings. The minimum absolute atomic E-state index is 0.0381. The van der Waals surface area contributed by atoms with Gasteiger partial charge < -0.3 is 21.1 Å². The van der Waals surface area contributed by atoms with Crippen LogP contribution in [0.4, 0.5) is 5.69 Å². The fourth-order valence-corrected chi connectivity index (χ4v) is 3.57. The third-order valence-corrected chi connectivity index (χ3v) is 5.34. The Balaban J connectivity index is 1.55. The van der Waals surface area contributed by atoms with Crippen molar-refractivity contribution in [3.05, 3.63) is 77.4 Å². The van der Waals surface area contributed by atoms with Crippen molar-refractivity contribution < 1.29 is 14.3 Å². The number of nitrogens with one attached hydrogen (secondary N) is 3. The number of benzene rings is 2. The molecule has 0 amide bonds. The van der Waals surface area contributed by atoms with E-state index < -0.39 is 0 Å². The summed E-state index contributed by atoms with van der Waals surface area (Å²) in [4.78, 5) is 24.5. The second-order valence-electron chi connectivity index (χ2n) is 7.63. The molecule has 0 aliphatic carbocycles. The molecule has 5 N–H and O–H groups in total. The van der Waals surface area contributed by atoms with E-state index in [4.69, 9.17) is 15.9 Å². The molecule has 3 rings (SSSR count). The molecule has 0 saturated carbocycles. The summed E-state index contributed by atoms with van der Waals surface area (Å²) in [6.45, 7) is 3.78. The summed E-state index contributed by atoms with van der Waals surface area (Å²) in [6, 6.07) is 14.5. The zero-order valence-corrected chi connectivity index (χ0v) is 18.6. The lowest BCUT2D eigenvalue weighted by atomic mass is 9.88. The number of Topliss-reactive ketones (excluding diaryl/α,β-unsaturated/α-hetero) is 1. The van der Waals surface area contributed by atoms with Crippen LogP contribution in [0.15, 0.2) is 60.7 Å². The van der Waals surface area contributed by atoms with Gasteiger partial charge >= 0.3 is 5.97 Å². The van der Waals surface area contributed by atoms with Crippen molar-refractivity contribution in [1.82, 2.24) is 5.32 Å². The predicted octanol–water partition coefficient (Wildman–Crippen LogP) is 2.57. The number of rotatable bonds is 8. The summed E-state index contributed by atoms with van der Waals surface area (Å²) < 4.78 is 4.91. The molecule has 7 nitrogen and oxygen atoms in total. The number of ketones is 1. The lowest BCUT2D eigenvalue weighted by Gasteiger charge is -2.14. The van der Waals surface area contributed by atoms with Crippen LogP contribution in [-0.2, 0) is 9.53 Å². The largest absolute Gasteiger partial charge is 0.463 e. The average molecular weight is 445 g/mol. The van der Waals surface area contributed by atoms with Gasteiger partial charge in [0.15, 0.2) is 5.78 Å². The SMILES string of the molecule is CCOC(=O)/C=C/C1CNCC1C(=O)c1ccc(C#CCNc2ccc(C(=N)N)cc2)cc1. The Labute approximate surface area is 193 Å². The van der Waals surface area contributed by atoms with Crippen LogP contribution in [0, 0.1) is 29.1 Å². The average Bonchev–Trinajstić information content (AvgIpc) is 3.29. The van der Waals surface area contributed by atoms with Crippen LogP contribution in [0.1, 0.15) is 28.4 Å². The van der Waals surface area contributed by atoms with Crippen LogP contribution >= 0.6 is 0 Å². The van der Waals surface area contributed by atoms with E-state index in [2.05, 4.69) is 22.5 Å². The van der Waals surface area contributed by atoms with Crippen molar-refractivity contribution in [3.63, 3.8) is 0 Å². The maximum absolute atomic E-state index is 13.0. The highest BCUT2D eigenvalue weighted by Gasteiger charge is 2.31. The number of esters is 1. The van der Waals surface area contributed by atoms with E-state index in [-0.39, 0.29) is 29.4 Å². The number of nitrogens with two attached hydrogens (primary N) is 1. The number of ether oxygens (including phenoxy) is 1. The first-order valence-electron chi connectivity index (χ1n) is 10.8. The molecule has 2 aromatic carbocycles. The van der Waals surface area contributed by atoms with Crippen LogP contribution in [0.5, 0.6) is 0 Å². The molecule has 1 fully saturated rings. The topological polar surface area (TPSA) is 117 Å². The smallest absolute Gasteiger partial charge is 0.330 e. The minimum atomic E-state index is -0.388. The van der Waals surface area contributed by atoms with Crippen molar-refractivity contribution in [1.29, 1.82) is 5.41 Å². The van der Waals surface area contributed by atoms with Crippen molar-refractivity contribution in [2.24, 2.45) is 17.6 Å². The van der Waals surface area contributed by atoms with Gasteiger partial charge in [0.2, 0.25) is 0 Å². The van der Waals surface area contributed by atoms with Gasteiger partial charge in [-0.1, -0.05) is 30.0 Å². The zero-order valence-electron chi connectivity index (χ0n) is 18.6. The molecule has 33 heavy (non-hydrogen) atoms. The summed E-state index contributed by atoms with van der Waals surface area (Å²) in [5.41, 5.74) is 8.48. The van der Waals surface area contributed by atoms with Crippen molar-refractivity contribution in [3.8, 4) is 11.8 Å². The van der Waals surface area contributed by atoms with Crippen molar-refractivity contribution >= 4 is 23.3 Å². The number of carbonyl (C=O) groups is 2. The van der Waals surface area contributed by atoms with E-state index >= 15 is 0 Å². The van der Waals surface area contributed by atoms with Crippen molar-refractivity contribution in [2.75, 3.05) is 31.6 Å². The number of anilines is 1. The maximum Gasteiger partial charge on any atom is 0.330 e. The predicted molar refractivity (Wildman–Crippen MR) is 129 cm³/mol. The Morgan fingerprint density at radius 2 is 1.85 bits per heavy atom. The molecule has 1 aliphatic rings. The fourth-order valence-electron chi connectivity index (χ4n) is 3.57. The van der Waals surface area contributed by atoms with E-state index in [9.17, 15) is 9.59 Å². The van der Waals surface area contributed by atoms with E-state index in [1.54, 1.807) is 37.3 Å². The molecule has 0 radical (unpaired) electrons. The van der Waals surface area contributed by atoms with Gasteiger partial charge in [0.1, 0.15) is 5.84 Å². The fraction of sp³-hybridized carbons (Fsp3) is 0.269. The lowest BCUT2D eigenvalue weighted by Crippen LogP contribution is -2.22. The lowest BCUT2D eigenvalue weighted by molar-refractivity contribution is -0.137. The molecular formula is C26H28N4O3. The molecular weight excluding hydrogens is 416 g/mol. The highest BCUT2D eigenvalue weighted by atomic mass is 16.5. The number of carbonyl (C=O) groups excluding carboxylic acids is 2. The summed E-state index contributed by atoms with van der Waals surface area (Å²) in [5, 5.41) is 13.8. The van der Waals surface area contributed by atoms with Gasteiger partial charge in [0, 0.05) is 53.4 Å². The van der Waals surface area contributed by atoms with Gasteiger partial charge in [-0.25, -0.2) is 4.79 Å². The third-order valence-electron chi connectivity index (χ3n) is 5.34. The van der Waals surface area contributed by atoms with Gasteiger partial charge in [0.05, 0.1) is 13.2 Å². The molecule has 170 valence electrons. The summed E-state index contributed by atoms with van der Waals surface area (Å²) in [7, 11) is 0. The van der Waals surface area contributed by atoms with Crippen LogP contribution in [0.25, 0.3) is 0 Å². The van der Waals surface area contributed by atoms with Crippen LogP contribution < -0.4 is 16.4 Å². The third kappa shape index (κ3) is 6.79. The summed E-state index contributed by atoms with van der Waals surface area (Å²) in [6.07, 6.45) is 3.17. The molecule has 1 heterocycles. The number of amidine groups is 1. The normalized spacial score (nSPS) is 17.2. The van der Waals surface area contributed by atoms with Gasteiger partial charge in [-0.3, -0.25) is 10.2 Å². The quantitative estimate of drug-likeness (QED) is 0.124. The number of hydrogen-bond acceptors (Lipinski definition) is 6. The van der Waals surface area contributed by atoms with Crippen LogP contribution in [-0.4, -0.2) is 43.8 Å². The molecule has 2 atom stereocenters. The Morgan fingerprint density at radius 1 is 1.15 bits per heavy atom. The highest BCUT2D eigenvalue weighted by Crippen LogP contribution is 2.23. The Bertz CT molecular complexity index is 1080. The zero-order chi connectivity index (χ0) is 23.6. The first-order valence-corrected chi connectivity index (χ1v) is 10.8. The highest BCUT2D eigenvalue weighted by molar-refractivity contribution is 5.98. The Hall–Kier alpha value is -3.89. The number of hydrogen-bond donors (Lipinski definition) is 4. The molecule has 1 saturated heterocycles. The standard InChI is InChI=1S/C26H28N4O3/c1-2-33-24(31)14-11-21-16-29-17-23(21)25(32)19-7-5-18(6-8-19)4-3-15-30-22-12-9-20(10-13-22)26(27)28/h5-14,21,23,29-30H,2,15-17H2,1H3,(H3,27,28)/b14-11+. The Morgan fingerprint density at radius 3 is 2.52 bits per heavy atom. The maximum atomic E-state index is 13.0. The first-order chi connectivity index (χ1) is 16.0. The van der Waals surface area contributed by atoms with Gasteiger partial charge in [-0.15, -0.1) is 0 Å². The van der Waals surface area contributed by atoms with Gasteiger partial charge in [-0.2, -0.15) is 0 Å². The molecule has 0 spiro atoms. The van der Waals surface area contributed by atoms with E-state index in [0.29, 0.717) is 37.4 Å². The summed E-state index contributed by atoms with van der Waals surface area (Å²) >= 11 is 0. The molecule has 2 unspecified atom stereocenters. The van der Waals surface area contributed by atoms with Crippen LogP contribution in [0.2, 0.25) is 0 Å². The monoisotopic (exact) mass is 444 g/mol. The molecule has 0 bridgehead atoms. The Kier molecular flexibility index (Phi) is 8.39. The van der Waals surface area contributed by atoms with E-state index in [1.165, 1.54) is 6.08 Å². The molecule has 0 aromatic heterocycles. The second-order valence-corrected chi connectivity index (χ2v) is 7.63. The molecule has 7 heteroatoms. The molecule has 1 aliphatic heterocycles. The first kappa shape index (κ1) is 23.8. The second kappa shape index (κ2) is 11.7. The minimum Gasteiger partial charge on any atom is -0.463 e. The van der Waals surface area contributed by atoms with Crippen LogP contribution in [0.3, 0.4) is 0 Å².